The molecule has 0 fully saturated rings. The highest BCUT2D eigenvalue weighted by atomic mass is 16.5. The topological polar surface area (TPSA) is 64.3 Å². The third kappa shape index (κ3) is 3.42. The van der Waals surface area contributed by atoms with Crippen LogP contribution in [0.4, 0.5) is 0 Å². The number of aromatic nitrogens is 2. The fraction of sp³-hybridized carbons (Fsp3) is 0.500. The van der Waals surface area contributed by atoms with Gasteiger partial charge in [-0.25, -0.2) is 9.78 Å². The van der Waals surface area contributed by atoms with Crippen molar-refractivity contribution in [2.45, 2.75) is 39.2 Å². The molecule has 0 saturated heterocycles. The van der Waals surface area contributed by atoms with Crippen molar-refractivity contribution in [2.24, 2.45) is 0 Å². The number of fused-ring (bicyclic) bond motifs is 1. The fourth-order valence-corrected chi connectivity index (χ4v) is 2.55. The number of benzene rings is 1. The quantitative estimate of drug-likeness (QED) is 0.759. The molecule has 2 rings (SSSR count). The number of carbonyl (C=O) groups is 1. The van der Waals surface area contributed by atoms with Crippen LogP contribution in [0.15, 0.2) is 18.2 Å². The average molecular weight is 290 g/mol. The zero-order valence-corrected chi connectivity index (χ0v) is 12.6. The van der Waals surface area contributed by atoms with Gasteiger partial charge in [0.25, 0.3) is 0 Å². The van der Waals surface area contributed by atoms with E-state index in [1.165, 1.54) is 0 Å². The summed E-state index contributed by atoms with van der Waals surface area (Å²) in [4.78, 5) is 15.9. The van der Waals surface area contributed by atoms with Gasteiger partial charge >= 0.3 is 5.97 Å². The summed E-state index contributed by atoms with van der Waals surface area (Å²) in [5.41, 5.74) is 1.79. The molecule has 1 aromatic heterocycles. The summed E-state index contributed by atoms with van der Waals surface area (Å²) in [7, 11) is 1.70. The Morgan fingerprint density at radius 3 is 2.86 bits per heavy atom. The maximum absolute atomic E-state index is 11.3. The lowest BCUT2D eigenvalue weighted by molar-refractivity contribution is 0.0699. The number of aromatic carboxylic acids is 1. The third-order valence-corrected chi connectivity index (χ3v) is 3.54. The first-order chi connectivity index (χ1) is 10.2. The number of aryl methyl sites for hydroxylation is 2. The Kier molecular flexibility index (Phi) is 5.33. The molecule has 1 heterocycles. The molecular formula is C16H22N2O3. The summed E-state index contributed by atoms with van der Waals surface area (Å²) in [5, 5.41) is 9.29. The second-order valence-electron chi connectivity index (χ2n) is 5.11. The molecule has 0 unspecified atom stereocenters. The van der Waals surface area contributed by atoms with Crippen molar-refractivity contribution >= 4 is 17.0 Å². The zero-order valence-electron chi connectivity index (χ0n) is 12.6. The van der Waals surface area contributed by atoms with Gasteiger partial charge in [0.1, 0.15) is 11.3 Å². The smallest absolute Gasteiger partial charge is 0.337 e. The van der Waals surface area contributed by atoms with Crippen molar-refractivity contribution in [2.75, 3.05) is 13.7 Å². The second kappa shape index (κ2) is 7.22. The number of methoxy groups -OCH3 is 1. The summed E-state index contributed by atoms with van der Waals surface area (Å²) in [6.07, 6.45) is 3.83. The Labute approximate surface area is 124 Å². The van der Waals surface area contributed by atoms with E-state index in [-0.39, 0.29) is 5.56 Å². The van der Waals surface area contributed by atoms with Crippen LogP contribution < -0.4 is 0 Å². The Hall–Kier alpha value is -1.88. The third-order valence-electron chi connectivity index (χ3n) is 3.54. The Morgan fingerprint density at radius 2 is 2.19 bits per heavy atom. The number of carboxylic acid groups (broad SMARTS) is 1. The molecule has 21 heavy (non-hydrogen) atoms. The molecule has 2 aromatic rings. The lowest BCUT2D eigenvalue weighted by Crippen LogP contribution is -2.05. The van der Waals surface area contributed by atoms with Gasteiger partial charge in [-0.1, -0.05) is 13.0 Å². The fourth-order valence-electron chi connectivity index (χ4n) is 2.55. The Bertz CT molecular complexity index is 619. The van der Waals surface area contributed by atoms with E-state index >= 15 is 0 Å². The van der Waals surface area contributed by atoms with Gasteiger partial charge in [0.15, 0.2) is 0 Å². The van der Waals surface area contributed by atoms with E-state index in [1.54, 1.807) is 19.2 Å². The summed E-state index contributed by atoms with van der Waals surface area (Å²) in [6, 6.07) is 5.35. The largest absolute Gasteiger partial charge is 0.478 e. The highest BCUT2D eigenvalue weighted by Crippen LogP contribution is 2.22. The molecule has 5 nitrogen and oxygen atoms in total. The molecule has 0 atom stereocenters. The van der Waals surface area contributed by atoms with E-state index in [9.17, 15) is 9.90 Å². The molecule has 5 heteroatoms. The maximum Gasteiger partial charge on any atom is 0.337 e. The van der Waals surface area contributed by atoms with Crippen LogP contribution >= 0.6 is 0 Å². The minimum absolute atomic E-state index is 0.278. The number of imidazole rings is 1. The summed E-state index contributed by atoms with van der Waals surface area (Å²) >= 11 is 0. The van der Waals surface area contributed by atoms with E-state index in [4.69, 9.17) is 4.74 Å². The lowest BCUT2D eigenvalue weighted by Gasteiger charge is -2.08. The highest BCUT2D eigenvalue weighted by Gasteiger charge is 2.16. The van der Waals surface area contributed by atoms with Crippen LogP contribution in [0.25, 0.3) is 11.0 Å². The molecular weight excluding hydrogens is 268 g/mol. The van der Waals surface area contributed by atoms with Crippen LogP contribution in [-0.2, 0) is 17.7 Å². The van der Waals surface area contributed by atoms with Gasteiger partial charge in [0.2, 0.25) is 0 Å². The van der Waals surface area contributed by atoms with Crippen molar-refractivity contribution in [1.29, 1.82) is 0 Å². The maximum atomic E-state index is 11.3. The van der Waals surface area contributed by atoms with Gasteiger partial charge in [-0.3, -0.25) is 0 Å². The monoisotopic (exact) mass is 290 g/mol. The number of rotatable bonds is 8. The molecule has 1 aromatic carbocycles. The highest BCUT2D eigenvalue weighted by molar-refractivity contribution is 6.01. The zero-order chi connectivity index (χ0) is 15.2. The molecule has 0 spiro atoms. The molecule has 0 radical (unpaired) electrons. The van der Waals surface area contributed by atoms with Crippen LogP contribution in [0.3, 0.4) is 0 Å². The van der Waals surface area contributed by atoms with Crippen LogP contribution in [-0.4, -0.2) is 34.3 Å². The number of nitrogens with zero attached hydrogens (tertiary/aromatic N) is 2. The first kappa shape index (κ1) is 15.5. The SMILES string of the molecule is CCCc1nc2c(C(=O)O)cccc2n1CCCCOC. The molecule has 0 bridgehead atoms. The molecule has 0 saturated carbocycles. The van der Waals surface area contributed by atoms with Gasteiger partial charge in [-0.15, -0.1) is 0 Å². The number of unbranched alkanes of at least 4 members (excludes halogenated alkanes) is 1. The van der Waals surface area contributed by atoms with E-state index < -0.39 is 5.97 Å². The first-order valence-electron chi connectivity index (χ1n) is 7.39. The number of carboxylic acids is 1. The van der Waals surface area contributed by atoms with Crippen LogP contribution in [0.5, 0.6) is 0 Å². The molecule has 0 aliphatic heterocycles. The normalized spacial score (nSPS) is 11.1. The van der Waals surface area contributed by atoms with Crippen LogP contribution in [0.1, 0.15) is 42.4 Å². The predicted octanol–water partition coefficient (Wildman–Crippen LogP) is 3.11. The Balaban J connectivity index is 2.38. The van der Waals surface area contributed by atoms with Gasteiger partial charge in [-0.05, 0) is 31.4 Å². The van der Waals surface area contributed by atoms with Gasteiger partial charge in [0.05, 0.1) is 11.1 Å². The van der Waals surface area contributed by atoms with Gasteiger partial charge < -0.3 is 14.4 Å². The van der Waals surface area contributed by atoms with Crippen molar-refractivity contribution in [3.63, 3.8) is 0 Å². The van der Waals surface area contributed by atoms with E-state index in [0.29, 0.717) is 5.52 Å². The van der Waals surface area contributed by atoms with Crippen LogP contribution in [0.2, 0.25) is 0 Å². The predicted molar refractivity (Wildman–Crippen MR) is 81.8 cm³/mol. The minimum Gasteiger partial charge on any atom is -0.478 e. The molecule has 0 amide bonds. The molecule has 114 valence electrons. The molecule has 0 aliphatic rings. The molecule has 0 aliphatic carbocycles. The van der Waals surface area contributed by atoms with E-state index in [1.807, 2.05) is 6.07 Å². The lowest BCUT2D eigenvalue weighted by atomic mass is 10.2. The number of hydrogen-bond acceptors (Lipinski definition) is 3. The number of hydrogen-bond donors (Lipinski definition) is 1. The van der Waals surface area contributed by atoms with Crippen LogP contribution in [0, 0.1) is 0 Å². The summed E-state index contributed by atoms with van der Waals surface area (Å²) in [5.74, 6) is 0.0475. The summed E-state index contributed by atoms with van der Waals surface area (Å²) < 4.78 is 7.23. The average Bonchev–Trinajstić information content (AvgIpc) is 2.81. The minimum atomic E-state index is -0.923. The van der Waals surface area contributed by atoms with Gasteiger partial charge in [0, 0.05) is 26.7 Å². The summed E-state index contributed by atoms with van der Waals surface area (Å²) in [6.45, 7) is 3.70. The van der Waals surface area contributed by atoms with Gasteiger partial charge in [-0.2, -0.15) is 0 Å². The van der Waals surface area contributed by atoms with Crippen molar-refractivity contribution < 1.29 is 14.6 Å². The van der Waals surface area contributed by atoms with E-state index in [2.05, 4.69) is 16.5 Å². The number of para-hydroxylation sites is 1. The van der Waals surface area contributed by atoms with Crippen molar-refractivity contribution in [3.8, 4) is 0 Å². The first-order valence-corrected chi connectivity index (χ1v) is 7.39. The number of ether oxygens (including phenoxy) is 1. The second-order valence-corrected chi connectivity index (χ2v) is 5.11. The standard InChI is InChI=1S/C16H22N2O3/c1-3-7-14-17-15-12(16(19)20)8-6-9-13(15)18(14)10-4-5-11-21-2/h6,8-9H,3-5,7,10-11H2,1-2H3,(H,19,20). The van der Waals surface area contributed by atoms with Crippen molar-refractivity contribution in [3.05, 3.63) is 29.6 Å². The van der Waals surface area contributed by atoms with E-state index in [0.717, 1.165) is 50.2 Å². The molecule has 1 N–H and O–H groups in total. The Morgan fingerprint density at radius 1 is 1.38 bits per heavy atom. The van der Waals surface area contributed by atoms with Crippen molar-refractivity contribution in [1.82, 2.24) is 9.55 Å².